The molecule has 6 nitrogen and oxygen atoms in total. The van der Waals surface area contributed by atoms with Gasteiger partial charge in [-0.15, -0.1) is 0 Å². The van der Waals surface area contributed by atoms with Gasteiger partial charge in [0.1, 0.15) is 16.7 Å². The van der Waals surface area contributed by atoms with E-state index in [9.17, 15) is 26.4 Å². The second-order valence-corrected chi connectivity index (χ2v) is 8.99. The number of methoxy groups -OCH3 is 1. The minimum Gasteiger partial charge on any atom is -0.495 e. The molecule has 0 heterocycles. The van der Waals surface area contributed by atoms with E-state index in [1.807, 2.05) is 0 Å². The highest BCUT2D eigenvalue weighted by molar-refractivity contribution is 7.89. The number of hydrogen-bond donors (Lipinski definition) is 2. The lowest BCUT2D eigenvalue weighted by Gasteiger charge is -2.20. The monoisotopic (exact) mass is 498 g/mol. The van der Waals surface area contributed by atoms with Gasteiger partial charge in [0.05, 0.1) is 12.8 Å². The SMILES string of the molecule is COc1ccc(Cl)cc1S(=O)(=O)N[C@@H](Cc1ccccc1)C(=O)Nc1ccc(F)c(F)c1F. The molecular formula is C22H18ClF3N2O4S. The third kappa shape index (κ3) is 5.84. The molecule has 0 bridgehead atoms. The molecule has 3 aromatic rings. The maximum Gasteiger partial charge on any atom is 0.245 e. The van der Waals surface area contributed by atoms with E-state index in [0.29, 0.717) is 11.6 Å². The van der Waals surface area contributed by atoms with E-state index < -0.39 is 45.1 Å². The summed E-state index contributed by atoms with van der Waals surface area (Å²) in [5.74, 6) is -5.82. The summed E-state index contributed by atoms with van der Waals surface area (Å²) in [5, 5.41) is 2.22. The lowest BCUT2D eigenvalue weighted by molar-refractivity contribution is -0.117. The van der Waals surface area contributed by atoms with Crippen molar-refractivity contribution in [2.45, 2.75) is 17.4 Å². The van der Waals surface area contributed by atoms with Crippen LogP contribution in [0, 0.1) is 17.5 Å². The maximum absolute atomic E-state index is 14.1. The van der Waals surface area contributed by atoms with Crippen LogP contribution in [0.2, 0.25) is 5.02 Å². The molecule has 0 aliphatic heterocycles. The molecule has 3 rings (SSSR count). The lowest BCUT2D eigenvalue weighted by Crippen LogP contribution is -2.45. The van der Waals surface area contributed by atoms with E-state index in [4.69, 9.17) is 16.3 Å². The summed E-state index contributed by atoms with van der Waals surface area (Å²) in [6.07, 6.45) is -0.125. The number of carbonyl (C=O) groups excluding carboxylic acids is 1. The summed E-state index contributed by atoms with van der Waals surface area (Å²) in [5.41, 5.74) is -0.0549. The standard InChI is InChI=1S/C22H18ClF3N2O4S/c1-32-18-10-7-14(23)12-19(18)33(30,31)28-17(11-13-5-3-2-4-6-13)22(29)27-16-9-8-15(24)20(25)21(16)26/h2-10,12,17,28H,11H2,1H3,(H,27,29)/t17-/m0/s1. The number of sulfonamides is 1. The molecule has 1 amide bonds. The van der Waals surface area contributed by atoms with Crippen LogP contribution in [-0.4, -0.2) is 27.5 Å². The number of nitrogens with one attached hydrogen (secondary N) is 2. The fourth-order valence-corrected chi connectivity index (χ4v) is 4.62. The van der Waals surface area contributed by atoms with E-state index >= 15 is 0 Å². The first kappa shape index (κ1) is 24.6. The van der Waals surface area contributed by atoms with Crippen molar-refractivity contribution < 1.29 is 31.1 Å². The second-order valence-electron chi connectivity index (χ2n) is 6.87. The van der Waals surface area contributed by atoms with E-state index in [1.165, 1.54) is 19.2 Å². The fourth-order valence-electron chi connectivity index (χ4n) is 2.99. The first-order valence-electron chi connectivity index (χ1n) is 9.46. The summed E-state index contributed by atoms with van der Waals surface area (Å²) in [4.78, 5) is 12.6. The number of rotatable bonds is 8. The molecule has 0 saturated heterocycles. The van der Waals surface area contributed by atoms with Crippen LogP contribution in [-0.2, 0) is 21.2 Å². The van der Waals surface area contributed by atoms with Crippen LogP contribution in [0.15, 0.2) is 65.6 Å². The van der Waals surface area contributed by atoms with Crippen LogP contribution in [0.1, 0.15) is 5.56 Å². The van der Waals surface area contributed by atoms with Gasteiger partial charge in [-0.2, -0.15) is 4.72 Å². The van der Waals surface area contributed by atoms with E-state index in [-0.39, 0.29) is 22.1 Å². The summed E-state index contributed by atoms with van der Waals surface area (Å²) in [7, 11) is -3.09. The molecule has 174 valence electrons. The molecule has 33 heavy (non-hydrogen) atoms. The maximum atomic E-state index is 14.1. The molecule has 0 unspecified atom stereocenters. The molecule has 0 aliphatic rings. The van der Waals surface area contributed by atoms with Crippen molar-refractivity contribution in [3.63, 3.8) is 0 Å². The van der Waals surface area contributed by atoms with Crippen molar-refractivity contribution >= 4 is 33.2 Å². The van der Waals surface area contributed by atoms with Gasteiger partial charge in [-0.05, 0) is 42.3 Å². The Labute approximate surface area is 193 Å². The Kier molecular flexibility index (Phi) is 7.62. The molecule has 0 spiro atoms. The number of carbonyl (C=O) groups is 1. The Hall–Kier alpha value is -3.08. The molecule has 1 atom stereocenters. The van der Waals surface area contributed by atoms with Gasteiger partial charge < -0.3 is 10.1 Å². The Morgan fingerprint density at radius 1 is 1.03 bits per heavy atom. The third-order valence-electron chi connectivity index (χ3n) is 4.60. The average Bonchev–Trinajstić information content (AvgIpc) is 2.79. The number of anilines is 1. The van der Waals surface area contributed by atoms with Gasteiger partial charge in [-0.3, -0.25) is 4.79 Å². The largest absolute Gasteiger partial charge is 0.495 e. The van der Waals surface area contributed by atoms with Crippen LogP contribution in [0.25, 0.3) is 0 Å². The normalized spacial score (nSPS) is 12.3. The molecule has 0 saturated carbocycles. The number of benzene rings is 3. The highest BCUT2D eigenvalue weighted by Crippen LogP contribution is 2.27. The molecule has 0 aromatic heterocycles. The minimum atomic E-state index is -4.36. The predicted octanol–water partition coefficient (Wildman–Crippen LogP) is 4.29. The van der Waals surface area contributed by atoms with Gasteiger partial charge in [0.2, 0.25) is 15.9 Å². The number of ether oxygens (including phenoxy) is 1. The van der Waals surface area contributed by atoms with Crippen LogP contribution < -0.4 is 14.8 Å². The zero-order valence-corrected chi connectivity index (χ0v) is 18.7. The molecule has 2 N–H and O–H groups in total. The summed E-state index contributed by atoms with van der Waals surface area (Å²) in [6.45, 7) is 0. The van der Waals surface area contributed by atoms with Gasteiger partial charge in [0, 0.05) is 5.02 Å². The van der Waals surface area contributed by atoms with Crippen molar-refractivity contribution in [2.24, 2.45) is 0 Å². The van der Waals surface area contributed by atoms with Gasteiger partial charge in [0.25, 0.3) is 0 Å². The summed E-state index contributed by atoms with van der Waals surface area (Å²) in [6, 6.07) is 12.4. The van der Waals surface area contributed by atoms with Crippen molar-refractivity contribution in [2.75, 3.05) is 12.4 Å². The molecule has 3 aromatic carbocycles. The lowest BCUT2D eigenvalue weighted by atomic mass is 10.1. The molecule has 11 heteroatoms. The van der Waals surface area contributed by atoms with E-state index in [2.05, 4.69) is 10.0 Å². The molecular weight excluding hydrogens is 481 g/mol. The zero-order valence-electron chi connectivity index (χ0n) is 17.1. The Balaban J connectivity index is 1.95. The Bertz CT molecular complexity index is 1270. The van der Waals surface area contributed by atoms with Crippen LogP contribution >= 0.6 is 11.6 Å². The Morgan fingerprint density at radius 2 is 1.73 bits per heavy atom. The van der Waals surface area contributed by atoms with Gasteiger partial charge in [0.15, 0.2) is 17.5 Å². The molecule has 0 aliphatic carbocycles. The fraction of sp³-hybridized carbons (Fsp3) is 0.136. The number of halogens is 4. The third-order valence-corrected chi connectivity index (χ3v) is 6.33. The minimum absolute atomic E-state index is 0.0163. The molecule has 0 radical (unpaired) electrons. The first-order chi connectivity index (χ1) is 15.6. The average molecular weight is 499 g/mol. The summed E-state index contributed by atoms with van der Waals surface area (Å²) >= 11 is 5.93. The van der Waals surface area contributed by atoms with Gasteiger partial charge >= 0.3 is 0 Å². The van der Waals surface area contributed by atoms with Crippen molar-refractivity contribution in [3.8, 4) is 5.75 Å². The van der Waals surface area contributed by atoms with E-state index in [0.717, 1.165) is 12.1 Å². The van der Waals surface area contributed by atoms with E-state index in [1.54, 1.807) is 30.3 Å². The second kappa shape index (κ2) is 10.2. The topological polar surface area (TPSA) is 84.5 Å². The van der Waals surface area contributed by atoms with Crippen molar-refractivity contribution in [3.05, 3.63) is 88.7 Å². The molecule has 0 fully saturated rings. The highest BCUT2D eigenvalue weighted by Gasteiger charge is 2.29. The van der Waals surface area contributed by atoms with Crippen molar-refractivity contribution in [1.82, 2.24) is 4.72 Å². The smallest absolute Gasteiger partial charge is 0.245 e. The number of amides is 1. The summed E-state index contributed by atoms with van der Waals surface area (Å²) < 4.78 is 74.3. The Morgan fingerprint density at radius 3 is 2.39 bits per heavy atom. The van der Waals surface area contributed by atoms with Crippen LogP contribution in [0.5, 0.6) is 5.75 Å². The van der Waals surface area contributed by atoms with Gasteiger partial charge in [-0.25, -0.2) is 21.6 Å². The van der Waals surface area contributed by atoms with Crippen LogP contribution in [0.3, 0.4) is 0 Å². The van der Waals surface area contributed by atoms with Crippen molar-refractivity contribution in [1.29, 1.82) is 0 Å². The zero-order chi connectivity index (χ0) is 24.2. The van der Waals surface area contributed by atoms with Crippen LogP contribution in [0.4, 0.5) is 18.9 Å². The number of hydrogen-bond acceptors (Lipinski definition) is 4. The predicted molar refractivity (Wildman–Crippen MR) is 117 cm³/mol. The van der Waals surface area contributed by atoms with Gasteiger partial charge in [-0.1, -0.05) is 41.9 Å². The quantitative estimate of drug-likeness (QED) is 0.454. The first-order valence-corrected chi connectivity index (χ1v) is 11.3. The highest BCUT2D eigenvalue weighted by atomic mass is 35.5.